The molecule has 0 spiro atoms. The first kappa shape index (κ1) is 20.0. The van der Waals surface area contributed by atoms with Crippen LogP contribution in [-0.2, 0) is 9.53 Å². The Morgan fingerprint density at radius 3 is 2.48 bits per heavy atom. The smallest absolute Gasteiger partial charge is 0.342 e. The molecule has 10 heteroatoms. The third kappa shape index (κ3) is 5.08. The van der Waals surface area contributed by atoms with Crippen molar-refractivity contribution in [3.05, 3.63) is 57.1 Å². The van der Waals surface area contributed by atoms with Gasteiger partial charge in [-0.05, 0) is 24.3 Å². The van der Waals surface area contributed by atoms with Crippen molar-refractivity contribution in [2.75, 3.05) is 26.1 Å². The van der Waals surface area contributed by atoms with E-state index in [-0.39, 0.29) is 27.7 Å². The monoisotopic (exact) mass is 394 g/mol. The zero-order valence-corrected chi connectivity index (χ0v) is 15.1. The summed E-state index contributed by atoms with van der Waals surface area (Å²) in [6.07, 6.45) is 0. The maximum atomic E-state index is 12.2. The van der Waals surface area contributed by atoms with E-state index in [9.17, 15) is 19.7 Å². The molecule has 1 N–H and O–H groups in total. The number of halogens is 1. The van der Waals surface area contributed by atoms with Gasteiger partial charge in [-0.3, -0.25) is 14.9 Å². The minimum absolute atomic E-state index is 0.0154. The van der Waals surface area contributed by atoms with Crippen LogP contribution >= 0.6 is 11.6 Å². The lowest BCUT2D eigenvalue weighted by atomic mass is 10.2. The molecule has 0 aromatic heterocycles. The lowest BCUT2D eigenvalue weighted by molar-refractivity contribution is -0.384. The van der Waals surface area contributed by atoms with Crippen molar-refractivity contribution in [1.29, 1.82) is 0 Å². The summed E-state index contributed by atoms with van der Waals surface area (Å²) in [6, 6.07) is 8.14. The molecule has 9 nitrogen and oxygen atoms in total. The molecule has 0 unspecified atom stereocenters. The average Bonchev–Trinajstić information content (AvgIpc) is 2.66. The number of carbonyl (C=O) groups is 2. The van der Waals surface area contributed by atoms with Gasteiger partial charge in [0.05, 0.1) is 29.9 Å². The first-order chi connectivity index (χ1) is 12.8. The van der Waals surface area contributed by atoms with Gasteiger partial charge < -0.3 is 19.5 Å². The number of nitro groups is 1. The second-order valence-electron chi connectivity index (χ2n) is 5.11. The number of benzene rings is 2. The number of non-ortho nitro benzene ring substituents is 1. The topological polar surface area (TPSA) is 117 Å². The van der Waals surface area contributed by atoms with E-state index in [0.29, 0.717) is 5.75 Å². The quantitative estimate of drug-likeness (QED) is 0.435. The molecule has 0 aliphatic rings. The number of amides is 1. The van der Waals surface area contributed by atoms with E-state index in [1.165, 1.54) is 38.5 Å². The maximum absolute atomic E-state index is 12.2. The summed E-state index contributed by atoms with van der Waals surface area (Å²) < 4.78 is 15.1. The Balaban J connectivity index is 2.01. The van der Waals surface area contributed by atoms with Crippen molar-refractivity contribution in [3.63, 3.8) is 0 Å². The molecule has 0 saturated carbocycles. The molecule has 1 amide bonds. The molecule has 0 fully saturated rings. The largest absolute Gasteiger partial charge is 0.497 e. The number of hydrogen-bond donors (Lipinski definition) is 1. The van der Waals surface area contributed by atoms with E-state index in [0.717, 1.165) is 6.07 Å². The standard InChI is InChI=1S/C17H15ClN2O7/c1-25-11-4-6-15(26-2)12(8-11)17(22)27-9-16(21)19-14-5-3-10(20(23)24)7-13(14)18/h3-8H,9H2,1-2H3,(H,19,21). The lowest BCUT2D eigenvalue weighted by Gasteiger charge is -2.11. The fraction of sp³-hybridized carbons (Fsp3) is 0.176. The number of nitro benzene ring substituents is 1. The number of rotatable bonds is 7. The number of esters is 1. The van der Waals surface area contributed by atoms with Gasteiger partial charge in [-0.25, -0.2) is 4.79 Å². The van der Waals surface area contributed by atoms with Crippen LogP contribution in [0.15, 0.2) is 36.4 Å². The van der Waals surface area contributed by atoms with Crippen LogP contribution in [0.25, 0.3) is 0 Å². The molecule has 0 bridgehead atoms. The predicted octanol–water partition coefficient (Wildman–Crippen LogP) is 3.06. The molecule has 0 aliphatic carbocycles. The van der Waals surface area contributed by atoms with Gasteiger partial charge in [0.2, 0.25) is 0 Å². The van der Waals surface area contributed by atoms with E-state index in [1.54, 1.807) is 6.07 Å². The Hall–Kier alpha value is -3.33. The zero-order valence-electron chi connectivity index (χ0n) is 14.4. The molecule has 0 aliphatic heterocycles. The molecule has 0 heterocycles. The van der Waals surface area contributed by atoms with Gasteiger partial charge in [0.25, 0.3) is 11.6 Å². The second kappa shape index (κ2) is 8.86. The second-order valence-corrected chi connectivity index (χ2v) is 5.52. The van der Waals surface area contributed by atoms with E-state index >= 15 is 0 Å². The summed E-state index contributed by atoms with van der Waals surface area (Å²) in [5, 5.41) is 13.1. The number of nitrogens with zero attached hydrogens (tertiary/aromatic N) is 1. The third-order valence-electron chi connectivity index (χ3n) is 3.40. The normalized spacial score (nSPS) is 10.0. The minimum atomic E-state index is -0.782. The first-order valence-corrected chi connectivity index (χ1v) is 7.86. The Labute approximate surface area is 158 Å². The van der Waals surface area contributed by atoms with Gasteiger partial charge in [-0.2, -0.15) is 0 Å². The summed E-state index contributed by atoms with van der Waals surface area (Å²) in [5.41, 5.74) is 0.0369. The minimum Gasteiger partial charge on any atom is -0.497 e. The van der Waals surface area contributed by atoms with Crippen LogP contribution < -0.4 is 14.8 Å². The molecular formula is C17H15ClN2O7. The summed E-state index contributed by atoms with van der Waals surface area (Å²) in [4.78, 5) is 34.2. The van der Waals surface area contributed by atoms with Gasteiger partial charge in [0, 0.05) is 12.1 Å². The SMILES string of the molecule is COc1ccc(OC)c(C(=O)OCC(=O)Nc2ccc([N+](=O)[O-])cc2Cl)c1. The molecule has 2 aromatic carbocycles. The maximum Gasteiger partial charge on any atom is 0.342 e. The van der Waals surface area contributed by atoms with E-state index in [1.807, 2.05) is 0 Å². The first-order valence-electron chi connectivity index (χ1n) is 7.48. The van der Waals surface area contributed by atoms with E-state index in [2.05, 4.69) is 5.32 Å². The van der Waals surface area contributed by atoms with Crippen LogP contribution in [0.5, 0.6) is 11.5 Å². The van der Waals surface area contributed by atoms with Crippen LogP contribution in [-0.4, -0.2) is 37.6 Å². The van der Waals surface area contributed by atoms with Crippen LogP contribution in [0.1, 0.15) is 10.4 Å². The zero-order chi connectivity index (χ0) is 20.0. The molecule has 0 saturated heterocycles. The highest BCUT2D eigenvalue weighted by Gasteiger charge is 2.17. The Bertz CT molecular complexity index is 886. The molecule has 0 atom stereocenters. The predicted molar refractivity (Wildman–Crippen MR) is 96.6 cm³/mol. The number of nitrogens with one attached hydrogen (secondary N) is 1. The van der Waals surface area contributed by atoms with Crippen molar-refractivity contribution in [2.45, 2.75) is 0 Å². The summed E-state index contributed by atoms with van der Waals surface area (Å²) in [5.74, 6) is -0.763. The fourth-order valence-corrected chi connectivity index (χ4v) is 2.31. The molecular weight excluding hydrogens is 380 g/mol. The van der Waals surface area contributed by atoms with Crippen LogP contribution in [0.3, 0.4) is 0 Å². The van der Waals surface area contributed by atoms with Crippen LogP contribution in [0.2, 0.25) is 5.02 Å². The number of hydrogen-bond acceptors (Lipinski definition) is 7. The number of anilines is 1. The Morgan fingerprint density at radius 1 is 1.15 bits per heavy atom. The van der Waals surface area contributed by atoms with E-state index < -0.39 is 23.4 Å². The van der Waals surface area contributed by atoms with Gasteiger partial charge in [0.15, 0.2) is 6.61 Å². The van der Waals surface area contributed by atoms with Crippen molar-refractivity contribution in [1.82, 2.24) is 0 Å². The van der Waals surface area contributed by atoms with E-state index in [4.69, 9.17) is 25.8 Å². The fourth-order valence-electron chi connectivity index (χ4n) is 2.09. The number of ether oxygens (including phenoxy) is 3. The van der Waals surface area contributed by atoms with Gasteiger partial charge in [0.1, 0.15) is 17.1 Å². The van der Waals surface area contributed by atoms with Crippen LogP contribution in [0, 0.1) is 10.1 Å². The van der Waals surface area contributed by atoms with Crippen molar-refractivity contribution in [3.8, 4) is 11.5 Å². The number of methoxy groups -OCH3 is 2. The van der Waals surface area contributed by atoms with Crippen LogP contribution in [0.4, 0.5) is 11.4 Å². The highest BCUT2D eigenvalue weighted by molar-refractivity contribution is 6.34. The molecule has 2 rings (SSSR count). The lowest BCUT2D eigenvalue weighted by Crippen LogP contribution is -2.21. The van der Waals surface area contributed by atoms with Crippen molar-refractivity contribution < 1.29 is 28.7 Å². The van der Waals surface area contributed by atoms with Crippen molar-refractivity contribution >= 4 is 34.9 Å². The highest BCUT2D eigenvalue weighted by atomic mass is 35.5. The van der Waals surface area contributed by atoms with Gasteiger partial charge >= 0.3 is 5.97 Å². The molecule has 27 heavy (non-hydrogen) atoms. The highest BCUT2D eigenvalue weighted by Crippen LogP contribution is 2.27. The third-order valence-corrected chi connectivity index (χ3v) is 3.71. The average molecular weight is 395 g/mol. The molecule has 142 valence electrons. The molecule has 0 radical (unpaired) electrons. The number of carbonyl (C=O) groups excluding carboxylic acids is 2. The Morgan fingerprint density at radius 2 is 1.89 bits per heavy atom. The Kier molecular flexibility index (Phi) is 6.56. The summed E-state index contributed by atoms with van der Waals surface area (Å²) in [7, 11) is 2.83. The summed E-state index contributed by atoms with van der Waals surface area (Å²) >= 11 is 5.89. The van der Waals surface area contributed by atoms with Gasteiger partial charge in [-0.15, -0.1) is 0 Å². The van der Waals surface area contributed by atoms with Gasteiger partial charge in [-0.1, -0.05) is 11.6 Å². The summed E-state index contributed by atoms with van der Waals surface area (Å²) in [6.45, 7) is -0.591. The van der Waals surface area contributed by atoms with Crippen molar-refractivity contribution in [2.24, 2.45) is 0 Å². The molecule has 2 aromatic rings.